The predicted molar refractivity (Wildman–Crippen MR) is 51.5 cm³/mol. The molecule has 1 atom stereocenters. The topological polar surface area (TPSA) is 72.5 Å². The number of phenolic OH excluding ortho intramolecular Hbond substituents is 1. The third-order valence-corrected chi connectivity index (χ3v) is 3.55. The molecular formula is C8H11NO3Si. The molecule has 0 aliphatic heterocycles. The van der Waals surface area contributed by atoms with Crippen LogP contribution in [0.25, 0.3) is 0 Å². The van der Waals surface area contributed by atoms with Crippen LogP contribution in [-0.2, 0) is 4.74 Å². The number of methoxy groups -OCH3 is 1. The zero-order valence-corrected chi connectivity index (χ0v) is 8.38. The van der Waals surface area contributed by atoms with E-state index in [1.54, 1.807) is 12.1 Å². The van der Waals surface area contributed by atoms with Crippen molar-refractivity contribution < 1.29 is 14.6 Å². The Morgan fingerprint density at radius 2 is 2.00 bits per heavy atom. The molecule has 4 nitrogen and oxygen atoms in total. The Hall–Kier alpha value is -1.33. The van der Waals surface area contributed by atoms with Crippen LogP contribution in [0.5, 0.6) is 5.75 Å². The summed E-state index contributed by atoms with van der Waals surface area (Å²) in [6, 6.07) is 6.29. The number of ether oxygens (including phenoxy) is 1. The quantitative estimate of drug-likeness (QED) is 0.634. The SMILES string of the molecule is COC(=O)[Si@@H](N)c1ccc(O)cc1. The summed E-state index contributed by atoms with van der Waals surface area (Å²) < 4.78 is 4.53. The summed E-state index contributed by atoms with van der Waals surface area (Å²) in [5.74, 6) is 0.162. The maximum absolute atomic E-state index is 11.0. The Balaban J connectivity index is 2.83. The van der Waals surface area contributed by atoms with Gasteiger partial charge in [0.1, 0.15) is 5.75 Å². The van der Waals surface area contributed by atoms with Crippen LogP contribution in [0.3, 0.4) is 0 Å². The second-order valence-corrected chi connectivity index (χ2v) is 4.69. The fourth-order valence-corrected chi connectivity index (χ4v) is 2.08. The average Bonchev–Trinajstić information content (AvgIpc) is 2.17. The largest absolute Gasteiger partial charge is 0.508 e. The van der Waals surface area contributed by atoms with Gasteiger partial charge in [-0.3, -0.25) is 4.79 Å². The van der Waals surface area contributed by atoms with Gasteiger partial charge in [0.25, 0.3) is 14.6 Å². The molecule has 1 aromatic carbocycles. The first-order chi connectivity index (χ1) is 6.15. The molecule has 1 aromatic rings. The third kappa shape index (κ3) is 2.30. The van der Waals surface area contributed by atoms with E-state index in [1.807, 2.05) is 0 Å². The van der Waals surface area contributed by atoms with Crippen LogP contribution in [0.15, 0.2) is 24.3 Å². The molecule has 0 radical (unpaired) electrons. The number of benzene rings is 1. The molecule has 70 valence electrons. The van der Waals surface area contributed by atoms with Gasteiger partial charge in [-0.25, -0.2) is 0 Å². The number of nitrogens with two attached hydrogens (primary N) is 1. The predicted octanol–water partition coefficient (Wildman–Crippen LogP) is -0.370. The van der Waals surface area contributed by atoms with E-state index >= 15 is 0 Å². The van der Waals surface area contributed by atoms with Crippen LogP contribution in [0.1, 0.15) is 0 Å². The van der Waals surface area contributed by atoms with E-state index in [0.29, 0.717) is 0 Å². The van der Waals surface area contributed by atoms with Crippen LogP contribution >= 0.6 is 0 Å². The standard InChI is InChI=1S/C8H11NO3Si/c1-12-8(11)13(9)7-4-2-6(10)3-5-7/h2-5,10,13H,9H2,1H3/t13-/m0/s1. The lowest BCUT2D eigenvalue weighted by Gasteiger charge is -2.06. The lowest BCUT2D eigenvalue weighted by Crippen LogP contribution is -2.47. The summed E-state index contributed by atoms with van der Waals surface area (Å²) in [5.41, 5.74) is -0.356. The molecule has 13 heavy (non-hydrogen) atoms. The van der Waals surface area contributed by atoms with Crippen LogP contribution in [0, 0.1) is 0 Å². The minimum absolute atomic E-state index is 0.162. The van der Waals surface area contributed by atoms with Gasteiger partial charge in [-0.05, 0) is 17.3 Å². The van der Waals surface area contributed by atoms with E-state index in [2.05, 4.69) is 4.74 Å². The van der Waals surface area contributed by atoms with Crippen molar-refractivity contribution in [2.45, 2.75) is 0 Å². The fourth-order valence-electron chi connectivity index (χ4n) is 0.945. The van der Waals surface area contributed by atoms with Crippen LogP contribution < -0.4 is 10.6 Å². The molecule has 0 bridgehead atoms. The van der Waals surface area contributed by atoms with Gasteiger partial charge in [0.2, 0.25) is 0 Å². The number of carbonyl (C=O) groups excluding carboxylic acids is 1. The highest BCUT2D eigenvalue weighted by molar-refractivity contribution is 6.96. The molecule has 0 saturated carbocycles. The van der Waals surface area contributed by atoms with E-state index in [-0.39, 0.29) is 11.3 Å². The van der Waals surface area contributed by atoms with Gasteiger partial charge in [-0.1, -0.05) is 12.1 Å². The number of phenols is 1. The van der Waals surface area contributed by atoms with Crippen molar-refractivity contribution in [2.24, 2.45) is 5.40 Å². The van der Waals surface area contributed by atoms with E-state index in [1.165, 1.54) is 19.2 Å². The van der Waals surface area contributed by atoms with Gasteiger partial charge >= 0.3 is 0 Å². The molecule has 5 heteroatoms. The zero-order valence-electron chi connectivity index (χ0n) is 7.23. The summed E-state index contributed by atoms with van der Waals surface area (Å²) in [5, 5.41) is 15.4. The maximum atomic E-state index is 11.0. The Bertz CT molecular complexity index is 299. The maximum Gasteiger partial charge on any atom is 0.290 e. The number of hydrogen-bond acceptors (Lipinski definition) is 4. The fraction of sp³-hybridized carbons (Fsp3) is 0.125. The molecular weight excluding hydrogens is 186 g/mol. The third-order valence-electron chi connectivity index (χ3n) is 1.71. The molecule has 0 aliphatic rings. The van der Waals surface area contributed by atoms with Crippen molar-refractivity contribution in [3.05, 3.63) is 24.3 Å². The molecule has 0 heterocycles. The number of carbonyl (C=O) groups is 1. The highest BCUT2D eigenvalue weighted by atomic mass is 28.3. The van der Waals surface area contributed by atoms with Gasteiger partial charge in [0.05, 0.1) is 7.11 Å². The molecule has 0 spiro atoms. The van der Waals surface area contributed by atoms with Crippen molar-refractivity contribution in [1.29, 1.82) is 0 Å². The summed E-state index contributed by atoms with van der Waals surface area (Å²) in [6.45, 7) is 0. The van der Waals surface area contributed by atoms with Crippen molar-refractivity contribution in [3.63, 3.8) is 0 Å². The number of aromatic hydroxyl groups is 1. The summed E-state index contributed by atoms with van der Waals surface area (Å²) in [4.78, 5) is 11.0. The molecule has 0 aromatic heterocycles. The summed E-state index contributed by atoms with van der Waals surface area (Å²) >= 11 is 0. The molecule has 3 N–H and O–H groups in total. The molecule has 0 fully saturated rings. The highest BCUT2D eigenvalue weighted by Gasteiger charge is 2.18. The van der Waals surface area contributed by atoms with Crippen molar-refractivity contribution >= 4 is 19.7 Å². The molecule has 0 unspecified atom stereocenters. The molecule has 0 aliphatic carbocycles. The van der Waals surface area contributed by atoms with E-state index in [4.69, 9.17) is 10.5 Å². The normalized spacial score (nSPS) is 12.2. The Morgan fingerprint density at radius 3 is 2.46 bits per heavy atom. The van der Waals surface area contributed by atoms with Gasteiger partial charge in [-0.15, -0.1) is 0 Å². The minimum Gasteiger partial charge on any atom is -0.508 e. The molecule has 1 rings (SSSR count). The van der Waals surface area contributed by atoms with E-state index < -0.39 is 8.96 Å². The average molecular weight is 197 g/mol. The molecule has 0 amide bonds. The summed E-state index contributed by atoms with van der Waals surface area (Å²) in [6.07, 6.45) is 0. The van der Waals surface area contributed by atoms with Gasteiger partial charge in [-0.2, -0.15) is 0 Å². The Labute approximate surface area is 77.6 Å². The highest BCUT2D eigenvalue weighted by Crippen LogP contribution is 2.03. The first-order valence-electron chi connectivity index (χ1n) is 3.77. The van der Waals surface area contributed by atoms with E-state index in [9.17, 15) is 4.79 Å². The number of rotatable bonds is 2. The summed E-state index contributed by atoms with van der Waals surface area (Å²) in [7, 11) is -0.832. The Kier molecular flexibility index (Phi) is 3.05. The first-order valence-corrected chi connectivity index (χ1v) is 5.59. The Morgan fingerprint density at radius 1 is 1.46 bits per heavy atom. The monoisotopic (exact) mass is 197 g/mol. The second-order valence-electron chi connectivity index (χ2n) is 2.59. The number of hydrogen-bond donors (Lipinski definition) is 2. The minimum atomic E-state index is -2.15. The van der Waals surface area contributed by atoms with Crippen molar-refractivity contribution in [3.8, 4) is 5.75 Å². The molecule has 0 saturated heterocycles. The van der Waals surface area contributed by atoms with Gasteiger partial charge < -0.3 is 15.2 Å². The smallest absolute Gasteiger partial charge is 0.290 e. The van der Waals surface area contributed by atoms with Crippen molar-refractivity contribution in [1.82, 2.24) is 0 Å². The first kappa shape index (κ1) is 9.75. The van der Waals surface area contributed by atoms with Gasteiger partial charge in [0, 0.05) is 0 Å². The van der Waals surface area contributed by atoms with Crippen LogP contribution in [0.4, 0.5) is 4.79 Å². The lowest BCUT2D eigenvalue weighted by molar-refractivity contribution is 0.197. The van der Waals surface area contributed by atoms with Gasteiger partial charge in [0.15, 0.2) is 0 Å². The zero-order chi connectivity index (χ0) is 9.84. The van der Waals surface area contributed by atoms with Crippen LogP contribution in [0.2, 0.25) is 0 Å². The van der Waals surface area contributed by atoms with Crippen molar-refractivity contribution in [2.75, 3.05) is 7.11 Å². The van der Waals surface area contributed by atoms with Crippen LogP contribution in [-0.4, -0.2) is 26.8 Å². The van der Waals surface area contributed by atoms with E-state index in [0.717, 1.165) is 5.19 Å². The lowest BCUT2D eigenvalue weighted by atomic mass is 10.3. The second kappa shape index (κ2) is 4.06.